The van der Waals surface area contributed by atoms with Crippen LogP contribution in [0, 0.1) is 0 Å². The van der Waals surface area contributed by atoms with Gasteiger partial charge in [-0.25, -0.2) is 14.5 Å². The van der Waals surface area contributed by atoms with Crippen LogP contribution in [-0.2, 0) is 25.8 Å². The zero-order valence-electron chi connectivity index (χ0n) is 20.5. The van der Waals surface area contributed by atoms with Gasteiger partial charge in [0.05, 0.1) is 6.54 Å². The molecule has 40 heavy (non-hydrogen) atoms. The minimum Gasteiger partial charge on any atom is -0.477 e. The Hall–Kier alpha value is -3.97. The summed E-state index contributed by atoms with van der Waals surface area (Å²) < 4.78 is 1.20. The second-order valence-electron chi connectivity index (χ2n) is 8.61. The van der Waals surface area contributed by atoms with Crippen LogP contribution < -0.4 is 11.1 Å². The lowest BCUT2D eigenvalue weighted by molar-refractivity contribution is -0.143. The summed E-state index contributed by atoms with van der Waals surface area (Å²) in [5, 5.41) is 40.5. The van der Waals surface area contributed by atoms with E-state index >= 15 is 0 Å². The number of nitrogens with one attached hydrogen (secondary N) is 1. The Kier molecular flexibility index (Phi) is 8.31. The first-order valence-corrected chi connectivity index (χ1v) is 14.6. The molecule has 5 N–H and O–H groups in total. The van der Waals surface area contributed by atoms with Gasteiger partial charge in [-0.3, -0.25) is 9.59 Å². The molecular weight excluding hydrogens is 584 g/mol. The predicted molar refractivity (Wildman–Crippen MR) is 145 cm³/mol. The summed E-state index contributed by atoms with van der Waals surface area (Å²) in [5.41, 5.74) is 6.35. The number of nitrogens with zero attached hydrogens (tertiary/aromatic N) is 8. The van der Waals surface area contributed by atoms with Gasteiger partial charge in [-0.2, -0.15) is 0 Å². The molecule has 3 aliphatic rings. The van der Waals surface area contributed by atoms with Crippen LogP contribution in [0.5, 0.6) is 0 Å². The van der Waals surface area contributed by atoms with Gasteiger partial charge in [0, 0.05) is 23.1 Å². The second-order valence-corrected chi connectivity index (χ2v) is 11.5. The Morgan fingerprint density at radius 1 is 1.38 bits per heavy atom. The number of rotatable bonds is 11. The lowest BCUT2D eigenvalue weighted by Gasteiger charge is -2.47. The second kappa shape index (κ2) is 12.0. The van der Waals surface area contributed by atoms with Crippen LogP contribution in [0.2, 0.25) is 0 Å². The number of hydrogen-bond donors (Lipinski definition) is 4. The number of fused-ring (bicyclic) bond motifs is 1. The number of nitrogens with two attached hydrogens (primary N) is 1. The molecule has 16 nitrogen and oxygen atoms in total. The summed E-state index contributed by atoms with van der Waals surface area (Å²) in [5.74, 6) is -1.25. The molecule has 1 fully saturated rings. The highest BCUT2D eigenvalue weighted by Crippen LogP contribution is 2.37. The highest BCUT2D eigenvalue weighted by molar-refractivity contribution is 8.01. The Balaban J connectivity index is 1.20. The Morgan fingerprint density at radius 2 is 2.23 bits per heavy atom. The third-order valence-electron chi connectivity index (χ3n) is 5.91. The van der Waals surface area contributed by atoms with Gasteiger partial charge in [0.2, 0.25) is 5.16 Å². The molecule has 2 aromatic heterocycles. The standard InChI is InChI=1S/C21H22N10O6S3/c22-20-23-13(9-39-20)14(27-37-11-3-1-2-4-11)16(32)24-15-17(33)30-5-10(7-38-18(15)30)8-40-21-25-28-29-31(21)6-12(26-36)19(34)35/h1,3,5,9,11,15,18,36H,2,4,6-8H2,(H2,22,23)(H,24,32)(H,34,35)/t11?,15?,18-/m1/s1. The monoisotopic (exact) mass is 606 g/mol. The average molecular weight is 607 g/mol. The first-order valence-electron chi connectivity index (χ1n) is 11.7. The number of oxime groups is 2. The normalized spacial score (nSPS) is 22.5. The van der Waals surface area contributed by atoms with Gasteiger partial charge in [-0.15, -0.1) is 28.2 Å². The molecule has 1 aliphatic carbocycles. The minimum absolute atomic E-state index is 0.0528. The van der Waals surface area contributed by atoms with Gasteiger partial charge in [0.25, 0.3) is 11.8 Å². The molecule has 4 heterocycles. The smallest absolute Gasteiger partial charge is 0.355 e. The zero-order valence-corrected chi connectivity index (χ0v) is 22.9. The molecule has 0 bridgehead atoms. The van der Waals surface area contributed by atoms with Crippen LogP contribution in [0.15, 0.2) is 44.8 Å². The highest BCUT2D eigenvalue weighted by Gasteiger charge is 2.49. The lowest BCUT2D eigenvalue weighted by Crippen LogP contribution is -2.69. The lowest BCUT2D eigenvalue weighted by atomic mass is 10.1. The molecule has 0 aromatic carbocycles. The number of carboxylic acids is 1. The van der Waals surface area contributed by atoms with Crippen LogP contribution in [0.25, 0.3) is 0 Å². The quantitative estimate of drug-likeness (QED) is 0.0668. The van der Waals surface area contributed by atoms with Crippen LogP contribution in [0.1, 0.15) is 18.5 Å². The number of aliphatic carboxylic acids is 1. The van der Waals surface area contributed by atoms with Crippen LogP contribution in [0.4, 0.5) is 5.13 Å². The number of carbonyl (C=O) groups is 3. The number of amides is 2. The molecule has 2 unspecified atom stereocenters. The molecule has 2 aromatic rings. The van der Waals surface area contributed by atoms with Crippen LogP contribution in [-0.4, -0.2) is 98.6 Å². The first-order chi connectivity index (χ1) is 19.3. The number of thioether (sulfide) groups is 2. The molecule has 3 atom stereocenters. The van der Waals surface area contributed by atoms with E-state index in [4.69, 9.17) is 20.9 Å². The van der Waals surface area contributed by atoms with Gasteiger partial charge >= 0.3 is 5.97 Å². The van der Waals surface area contributed by atoms with Crippen molar-refractivity contribution >= 4 is 69.2 Å². The van der Waals surface area contributed by atoms with Crippen molar-refractivity contribution < 1.29 is 29.5 Å². The van der Waals surface area contributed by atoms with Gasteiger partial charge in [-0.1, -0.05) is 28.1 Å². The van der Waals surface area contributed by atoms with Gasteiger partial charge in [-0.05, 0) is 34.9 Å². The number of nitrogen functional groups attached to an aromatic ring is 1. The molecule has 210 valence electrons. The number of tetrazole rings is 1. The third-order valence-corrected chi connectivity index (χ3v) is 9.03. The maximum absolute atomic E-state index is 13.2. The summed E-state index contributed by atoms with van der Waals surface area (Å²) in [4.78, 5) is 48.4. The van der Waals surface area contributed by atoms with Crippen LogP contribution in [0.3, 0.4) is 0 Å². The number of carboxylic acid groups (broad SMARTS) is 1. The molecule has 0 radical (unpaired) electrons. The summed E-state index contributed by atoms with van der Waals surface area (Å²) >= 11 is 3.89. The van der Waals surface area contributed by atoms with Gasteiger partial charge < -0.3 is 31.1 Å². The minimum atomic E-state index is -1.39. The summed E-state index contributed by atoms with van der Waals surface area (Å²) in [6, 6.07) is -0.755. The molecule has 19 heteroatoms. The molecule has 0 saturated carbocycles. The van der Waals surface area contributed by atoms with Crippen molar-refractivity contribution in [3.8, 4) is 0 Å². The summed E-state index contributed by atoms with van der Waals surface area (Å²) in [6.07, 6.45) is 6.98. The van der Waals surface area contributed by atoms with Crippen molar-refractivity contribution in [2.24, 2.45) is 10.3 Å². The Labute approximate surface area is 238 Å². The third kappa shape index (κ3) is 5.94. The first kappa shape index (κ1) is 27.6. The van der Waals surface area contributed by atoms with E-state index in [2.05, 4.69) is 36.1 Å². The van der Waals surface area contributed by atoms with E-state index in [-0.39, 0.29) is 40.5 Å². The Bertz CT molecular complexity index is 1440. The van der Waals surface area contributed by atoms with E-state index in [0.29, 0.717) is 16.7 Å². The molecule has 2 aliphatic heterocycles. The number of carbonyl (C=O) groups excluding carboxylic acids is 2. The van der Waals surface area contributed by atoms with Crippen molar-refractivity contribution in [1.29, 1.82) is 0 Å². The fourth-order valence-electron chi connectivity index (χ4n) is 3.90. The highest BCUT2D eigenvalue weighted by atomic mass is 32.2. The topological polar surface area (TPSA) is 223 Å². The zero-order chi connectivity index (χ0) is 28.2. The number of β-lactam (4-membered cyclic amide) rings is 1. The number of thiazole rings is 1. The van der Waals surface area contributed by atoms with E-state index < -0.39 is 23.6 Å². The molecule has 2 amide bonds. The maximum Gasteiger partial charge on any atom is 0.355 e. The fraction of sp³-hybridized carbons (Fsp3) is 0.381. The van der Waals surface area contributed by atoms with E-state index in [9.17, 15) is 14.4 Å². The molecular formula is C21H22N10O6S3. The molecule has 0 spiro atoms. The van der Waals surface area contributed by atoms with Crippen molar-refractivity contribution in [3.05, 3.63) is 35.0 Å². The number of hydrogen-bond acceptors (Lipinski definition) is 15. The predicted octanol–water partition coefficient (Wildman–Crippen LogP) is 0.142. The van der Waals surface area contributed by atoms with Crippen molar-refractivity contribution in [3.63, 3.8) is 0 Å². The van der Waals surface area contributed by atoms with Gasteiger partial charge in [0.15, 0.2) is 16.6 Å². The van der Waals surface area contributed by atoms with Gasteiger partial charge in [0.1, 0.15) is 23.2 Å². The Morgan fingerprint density at radius 3 is 2.92 bits per heavy atom. The van der Waals surface area contributed by atoms with E-state index in [1.54, 1.807) is 16.5 Å². The number of allylic oxidation sites excluding steroid dienone is 1. The number of aromatic nitrogens is 5. The average Bonchev–Trinajstić information content (AvgIpc) is 3.72. The van der Waals surface area contributed by atoms with Crippen molar-refractivity contribution in [1.82, 2.24) is 35.4 Å². The SMILES string of the molecule is Nc1nc(C(=NOC2C=CCC2)C(=O)NC2C(=O)N3C=C(CSc4nnnn4CC(=NO)C(=O)O)CS[C@H]23)cs1. The van der Waals surface area contributed by atoms with E-state index in [1.807, 2.05) is 12.2 Å². The molecule has 5 rings (SSSR count). The fourth-order valence-corrected chi connectivity index (χ4v) is 6.68. The molecule has 1 saturated heterocycles. The largest absolute Gasteiger partial charge is 0.477 e. The number of anilines is 1. The van der Waals surface area contributed by atoms with Crippen molar-refractivity contribution in [2.75, 3.05) is 17.2 Å². The summed E-state index contributed by atoms with van der Waals surface area (Å²) in [7, 11) is 0. The maximum atomic E-state index is 13.2. The van der Waals surface area contributed by atoms with Crippen molar-refractivity contribution in [2.45, 2.75) is 42.1 Å². The van der Waals surface area contributed by atoms with E-state index in [1.165, 1.54) is 39.5 Å². The van der Waals surface area contributed by atoms with E-state index in [0.717, 1.165) is 18.4 Å². The van der Waals surface area contributed by atoms with Crippen LogP contribution >= 0.6 is 34.9 Å². The summed E-state index contributed by atoms with van der Waals surface area (Å²) in [6.45, 7) is -0.315.